The smallest absolute Gasteiger partial charge is 0.326 e. The number of fused-ring (bicyclic) bond motifs is 2. The second-order valence-electron chi connectivity index (χ2n) is 6.59. The predicted octanol–water partition coefficient (Wildman–Crippen LogP) is 3.67. The molecule has 8 heteroatoms. The number of methoxy groups -OCH3 is 1. The number of ether oxygens (including phenoxy) is 2. The van der Waals surface area contributed by atoms with E-state index in [1.807, 2.05) is 25.1 Å². The number of pyridine rings is 1. The quantitative estimate of drug-likeness (QED) is 0.528. The first-order valence-electron chi connectivity index (χ1n) is 9.35. The molecule has 0 fully saturated rings. The van der Waals surface area contributed by atoms with Gasteiger partial charge in [0.15, 0.2) is 0 Å². The summed E-state index contributed by atoms with van der Waals surface area (Å²) in [6.07, 6.45) is 3.33. The van der Waals surface area contributed by atoms with E-state index in [1.54, 1.807) is 41.2 Å². The van der Waals surface area contributed by atoms with E-state index in [9.17, 15) is 9.59 Å². The second kappa shape index (κ2) is 7.75. The number of amides is 2. The van der Waals surface area contributed by atoms with E-state index < -0.39 is 5.91 Å². The first-order chi connectivity index (χ1) is 14.5. The molecule has 0 radical (unpaired) electrons. The Morgan fingerprint density at radius 3 is 2.70 bits per heavy atom. The SMILES string of the molecule is CCNC(=O)n1ccc2cc(Oc3ccnc4cc(OC)c(C(N)=O)cc34)ccc21. The van der Waals surface area contributed by atoms with Crippen molar-refractivity contribution in [1.29, 1.82) is 0 Å². The van der Waals surface area contributed by atoms with Crippen LogP contribution >= 0.6 is 0 Å². The van der Waals surface area contributed by atoms with Crippen molar-refractivity contribution < 1.29 is 19.1 Å². The molecule has 0 unspecified atom stereocenters. The van der Waals surface area contributed by atoms with Gasteiger partial charge in [0.1, 0.15) is 17.2 Å². The standard InChI is InChI=1S/C22H20N4O4/c1-3-24-22(28)26-9-7-13-10-14(4-5-18(13)26)30-19-6-8-25-17-12-20(29-2)16(21(23)27)11-15(17)19/h4-12H,3H2,1-2H3,(H2,23,27)(H,24,28). The zero-order chi connectivity index (χ0) is 21.3. The molecule has 2 amide bonds. The van der Waals surface area contributed by atoms with Gasteiger partial charge in [-0.15, -0.1) is 0 Å². The second-order valence-corrected chi connectivity index (χ2v) is 6.59. The Morgan fingerprint density at radius 1 is 1.13 bits per heavy atom. The third-order valence-electron chi connectivity index (χ3n) is 4.72. The van der Waals surface area contributed by atoms with E-state index >= 15 is 0 Å². The van der Waals surface area contributed by atoms with Crippen LogP contribution in [0.3, 0.4) is 0 Å². The Labute approximate surface area is 172 Å². The number of hydrogen-bond acceptors (Lipinski definition) is 5. The van der Waals surface area contributed by atoms with Crippen molar-refractivity contribution in [3.63, 3.8) is 0 Å². The highest BCUT2D eigenvalue weighted by Crippen LogP contribution is 2.34. The minimum atomic E-state index is -0.600. The predicted molar refractivity (Wildman–Crippen MR) is 113 cm³/mol. The van der Waals surface area contributed by atoms with Crippen LogP contribution < -0.4 is 20.5 Å². The first-order valence-corrected chi connectivity index (χ1v) is 9.35. The van der Waals surface area contributed by atoms with E-state index in [-0.39, 0.29) is 11.6 Å². The highest BCUT2D eigenvalue weighted by atomic mass is 16.5. The van der Waals surface area contributed by atoms with Gasteiger partial charge in [-0.25, -0.2) is 4.79 Å². The molecule has 2 heterocycles. The van der Waals surface area contributed by atoms with Crippen molar-refractivity contribution in [2.75, 3.05) is 13.7 Å². The van der Waals surface area contributed by atoms with Gasteiger partial charge in [-0.3, -0.25) is 14.3 Å². The number of hydrogen-bond donors (Lipinski definition) is 2. The van der Waals surface area contributed by atoms with Crippen LogP contribution in [0.25, 0.3) is 21.8 Å². The number of rotatable bonds is 5. The van der Waals surface area contributed by atoms with E-state index in [1.165, 1.54) is 7.11 Å². The Kier molecular flexibility index (Phi) is 4.97. The molecule has 0 atom stereocenters. The largest absolute Gasteiger partial charge is 0.496 e. The van der Waals surface area contributed by atoms with Gasteiger partial charge in [-0.1, -0.05) is 0 Å². The third-order valence-corrected chi connectivity index (χ3v) is 4.72. The highest BCUT2D eigenvalue weighted by Gasteiger charge is 2.15. The van der Waals surface area contributed by atoms with Gasteiger partial charge in [-0.05, 0) is 43.3 Å². The number of primary amides is 1. The van der Waals surface area contributed by atoms with Crippen molar-refractivity contribution in [2.24, 2.45) is 5.73 Å². The first kappa shape index (κ1) is 19.3. The number of aromatic nitrogens is 2. The van der Waals surface area contributed by atoms with Crippen LogP contribution in [0.2, 0.25) is 0 Å². The molecule has 8 nitrogen and oxygen atoms in total. The summed E-state index contributed by atoms with van der Waals surface area (Å²) in [5.74, 6) is 0.859. The Balaban J connectivity index is 1.73. The minimum Gasteiger partial charge on any atom is -0.496 e. The molecule has 0 saturated heterocycles. The summed E-state index contributed by atoms with van der Waals surface area (Å²) in [7, 11) is 1.47. The lowest BCUT2D eigenvalue weighted by Crippen LogP contribution is -2.27. The lowest BCUT2D eigenvalue weighted by atomic mass is 10.1. The van der Waals surface area contributed by atoms with E-state index in [4.69, 9.17) is 15.2 Å². The fourth-order valence-corrected chi connectivity index (χ4v) is 3.32. The number of benzene rings is 2. The maximum Gasteiger partial charge on any atom is 0.326 e. The average Bonchev–Trinajstić information content (AvgIpc) is 3.16. The fraction of sp³-hybridized carbons (Fsp3) is 0.136. The van der Waals surface area contributed by atoms with Crippen molar-refractivity contribution >= 4 is 33.7 Å². The molecular weight excluding hydrogens is 384 g/mol. The molecule has 2 aromatic carbocycles. The number of nitrogens with zero attached hydrogens (tertiary/aromatic N) is 2. The number of nitrogens with one attached hydrogen (secondary N) is 1. The van der Waals surface area contributed by atoms with Gasteiger partial charge >= 0.3 is 6.03 Å². The zero-order valence-corrected chi connectivity index (χ0v) is 16.5. The molecule has 0 aliphatic heterocycles. The molecule has 152 valence electrons. The maximum absolute atomic E-state index is 12.1. The molecule has 0 aliphatic rings. The lowest BCUT2D eigenvalue weighted by Gasteiger charge is -2.12. The fourth-order valence-electron chi connectivity index (χ4n) is 3.32. The van der Waals surface area contributed by atoms with Crippen LogP contribution in [-0.2, 0) is 0 Å². The zero-order valence-electron chi connectivity index (χ0n) is 16.5. The Bertz CT molecular complexity index is 1280. The Morgan fingerprint density at radius 2 is 1.97 bits per heavy atom. The van der Waals surface area contributed by atoms with Crippen LogP contribution in [0.1, 0.15) is 17.3 Å². The Hall–Kier alpha value is -4.07. The minimum absolute atomic E-state index is 0.186. The van der Waals surface area contributed by atoms with Crippen molar-refractivity contribution in [3.05, 3.63) is 60.4 Å². The molecule has 0 bridgehead atoms. The molecule has 0 aliphatic carbocycles. The summed E-state index contributed by atoms with van der Waals surface area (Å²) in [6, 6.07) is 12.1. The average molecular weight is 404 g/mol. The van der Waals surface area contributed by atoms with Gasteiger partial charge < -0.3 is 20.5 Å². The van der Waals surface area contributed by atoms with Crippen LogP contribution in [0.5, 0.6) is 17.2 Å². The molecule has 0 saturated carbocycles. The summed E-state index contributed by atoms with van der Waals surface area (Å²) in [6.45, 7) is 2.42. The monoisotopic (exact) mass is 404 g/mol. The maximum atomic E-state index is 12.1. The molecule has 4 rings (SSSR count). The third kappa shape index (κ3) is 3.39. The van der Waals surface area contributed by atoms with Crippen LogP contribution in [0.4, 0.5) is 4.79 Å². The molecule has 30 heavy (non-hydrogen) atoms. The topological polar surface area (TPSA) is 108 Å². The molecule has 2 aromatic heterocycles. The van der Waals surface area contributed by atoms with Crippen molar-refractivity contribution in [1.82, 2.24) is 14.9 Å². The number of nitrogens with two attached hydrogens (primary N) is 1. The van der Waals surface area contributed by atoms with Crippen LogP contribution in [-0.4, -0.2) is 35.1 Å². The van der Waals surface area contributed by atoms with Crippen molar-refractivity contribution in [3.8, 4) is 17.2 Å². The summed E-state index contributed by atoms with van der Waals surface area (Å²) in [5, 5.41) is 4.27. The molecule has 0 spiro atoms. The molecule has 3 N–H and O–H groups in total. The van der Waals surface area contributed by atoms with E-state index in [0.29, 0.717) is 34.7 Å². The lowest BCUT2D eigenvalue weighted by molar-refractivity contribution is 0.0997. The molecule has 4 aromatic rings. The number of carbonyl (C=O) groups is 2. The van der Waals surface area contributed by atoms with Crippen molar-refractivity contribution in [2.45, 2.75) is 6.92 Å². The highest BCUT2D eigenvalue weighted by molar-refractivity contribution is 6.01. The van der Waals surface area contributed by atoms with Crippen LogP contribution in [0.15, 0.2) is 54.9 Å². The summed E-state index contributed by atoms with van der Waals surface area (Å²) >= 11 is 0. The molecular formula is C22H20N4O4. The normalized spacial score (nSPS) is 10.9. The van der Waals surface area contributed by atoms with Gasteiger partial charge in [-0.2, -0.15) is 0 Å². The van der Waals surface area contributed by atoms with E-state index in [2.05, 4.69) is 10.3 Å². The summed E-state index contributed by atoms with van der Waals surface area (Å²) < 4.78 is 12.9. The van der Waals surface area contributed by atoms with Gasteiger partial charge in [0, 0.05) is 35.8 Å². The summed E-state index contributed by atoms with van der Waals surface area (Å²) in [5.41, 5.74) is 7.11. The van der Waals surface area contributed by atoms with Gasteiger partial charge in [0.2, 0.25) is 0 Å². The van der Waals surface area contributed by atoms with Gasteiger partial charge in [0.05, 0.1) is 23.7 Å². The number of carbonyl (C=O) groups excluding carboxylic acids is 2. The van der Waals surface area contributed by atoms with E-state index in [0.717, 1.165) is 10.9 Å². The van der Waals surface area contributed by atoms with Gasteiger partial charge in [0.25, 0.3) is 5.91 Å². The van der Waals surface area contributed by atoms with Crippen LogP contribution in [0, 0.1) is 0 Å². The summed E-state index contributed by atoms with van der Waals surface area (Å²) in [4.78, 5) is 28.3.